The molecular weight excluding hydrogens is 168 g/mol. The molecule has 1 rings (SSSR count). The first kappa shape index (κ1) is 9.12. The quantitative estimate of drug-likeness (QED) is 0.275. The highest BCUT2D eigenvalue weighted by atomic mass is 16.3. The van der Waals surface area contributed by atoms with Crippen LogP contribution in [0, 0.1) is 0 Å². The largest absolute Gasteiger partial charge is 0.506 e. The van der Waals surface area contributed by atoms with Crippen LogP contribution in [0.5, 0.6) is 5.75 Å². The van der Waals surface area contributed by atoms with Crippen LogP contribution in [0.15, 0.2) is 30.9 Å². The second-order valence-electron chi connectivity index (χ2n) is 2.47. The molecule has 13 heavy (non-hydrogen) atoms. The Morgan fingerprint density at radius 3 is 2.85 bits per heavy atom. The van der Waals surface area contributed by atoms with Gasteiger partial charge in [0.05, 0.1) is 5.69 Å². The van der Waals surface area contributed by atoms with Gasteiger partial charge in [0.25, 0.3) is 0 Å². The number of hydrogen-bond acceptors (Lipinski definition) is 3. The molecule has 0 aromatic heterocycles. The van der Waals surface area contributed by atoms with Gasteiger partial charge in [-0.2, -0.15) is 0 Å². The molecule has 0 aliphatic heterocycles. The Kier molecular flexibility index (Phi) is 2.54. The highest BCUT2D eigenvalue weighted by molar-refractivity contribution is 5.99. The summed E-state index contributed by atoms with van der Waals surface area (Å²) in [4.78, 5) is 10.8. The van der Waals surface area contributed by atoms with Crippen LogP contribution in [0.2, 0.25) is 0 Å². The van der Waals surface area contributed by atoms with Crippen LogP contribution in [0.25, 0.3) is 0 Å². The van der Waals surface area contributed by atoms with Gasteiger partial charge in [0.15, 0.2) is 0 Å². The van der Waals surface area contributed by atoms with Crippen molar-refractivity contribution in [3.8, 4) is 5.75 Å². The zero-order valence-electron chi connectivity index (χ0n) is 6.95. The summed E-state index contributed by atoms with van der Waals surface area (Å²) < 4.78 is 0. The van der Waals surface area contributed by atoms with E-state index in [0.717, 1.165) is 6.08 Å². The SMILES string of the molecule is C=CC(=O)Nc1ccc(O)c(N)c1. The molecule has 0 fully saturated rings. The fraction of sp³-hybridized carbons (Fsp3) is 0. The third kappa shape index (κ3) is 2.23. The second kappa shape index (κ2) is 3.62. The summed E-state index contributed by atoms with van der Waals surface area (Å²) in [5, 5.41) is 11.6. The Hall–Kier alpha value is -1.97. The van der Waals surface area contributed by atoms with E-state index >= 15 is 0 Å². The number of anilines is 2. The Morgan fingerprint density at radius 1 is 1.62 bits per heavy atom. The number of phenolic OH excluding ortho intramolecular Hbond substituents is 1. The molecule has 0 saturated carbocycles. The van der Waals surface area contributed by atoms with Crippen molar-refractivity contribution in [3.05, 3.63) is 30.9 Å². The molecule has 68 valence electrons. The molecule has 0 bridgehead atoms. The van der Waals surface area contributed by atoms with E-state index in [0.29, 0.717) is 5.69 Å². The number of phenols is 1. The lowest BCUT2D eigenvalue weighted by Gasteiger charge is -2.03. The van der Waals surface area contributed by atoms with Crippen molar-refractivity contribution >= 4 is 17.3 Å². The molecule has 0 aliphatic carbocycles. The number of carbonyl (C=O) groups is 1. The average Bonchev–Trinajstić information content (AvgIpc) is 2.11. The standard InChI is InChI=1S/C9H10N2O2/c1-2-9(13)11-6-3-4-8(12)7(10)5-6/h2-5,12H,1,10H2,(H,11,13). The van der Waals surface area contributed by atoms with E-state index in [-0.39, 0.29) is 17.3 Å². The lowest BCUT2D eigenvalue weighted by atomic mass is 10.2. The molecule has 0 heterocycles. The van der Waals surface area contributed by atoms with Crippen LogP contribution in [0.4, 0.5) is 11.4 Å². The van der Waals surface area contributed by atoms with Gasteiger partial charge in [-0.1, -0.05) is 6.58 Å². The summed E-state index contributed by atoms with van der Waals surface area (Å²) in [6, 6.07) is 4.43. The normalized spacial score (nSPS) is 9.23. The zero-order chi connectivity index (χ0) is 9.84. The topological polar surface area (TPSA) is 75.3 Å². The van der Waals surface area contributed by atoms with Gasteiger partial charge in [0.2, 0.25) is 5.91 Å². The van der Waals surface area contributed by atoms with Crippen LogP contribution in [0.1, 0.15) is 0 Å². The molecule has 0 atom stereocenters. The van der Waals surface area contributed by atoms with Gasteiger partial charge in [-0.05, 0) is 24.3 Å². The highest BCUT2D eigenvalue weighted by Gasteiger charge is 2.00. The summed E-state index contributed by atoms with van der Waals surface area (Å²) in [6.45, 7) is 3.30. The van der Waals surface area contributed by atoms with Crippen molar-refractivity contribution < 1.29 is 9.90 Å². The fourth-order valence-electron chi connectivity index (χ4n) is 0.826. The Labute approximate surface area is 75.7 Å². The third-order valence-electron chi connectivity index (χ3n) is 1.48. The molecule has 1 amide bonds. The second-order valence-corrected chi connectivity index (χ2v) is 2.47. The van der Waals surface area contributed by atoms with Crippen molar-refractivity contribution in [3.63, 3.8) is 0 Å². The minimum Gasteiger partial charge on any atom is -0.506 e. The molecule has 0 unspecified atom stereocenters. The van der Waals surface area contributed by atoms with Crippen LogP contribution in [-0.4, -0.2) is 11.0 Å². The van der Waals surface area contributed by atoms with Gasteiger partial charge in [-0.3, -0.25) is 4.79 Å². The van der Waals surface area contributed by atoms with Crippen LogP contribution >= 0.6 is 0 Å². The molecule has 4 N–H and O–H groups in total. The van der Waals surface area contributed by atoms with Gasteiger partial charge < -0.3 is 16.2 Å². The number of nitrogens with two attached hydrogens (primary N) is 1. The van der Waals surface area contributed by atoms with E-state index < -0.39 is 0 Å². The first-order chi connectivity index (χ1) is 6.13. The van der Waals surface area contributed by atoms with Crippen molar-refractivity contribution in [2.24, 2.45) is 0 Å². The molecule has 4 heteroatoms. The Bertz CT molecular complexity index is 347. The molecule has 0 spiro atoms. The maximum Gasteiger partial charge on any atom is 0.247 e. The lowest BCUT2D eigenvalue weighted by molar-refractivity contribution is -0.111. The molecule has 0 radical (unpaired) electrons. The van der Waals surface area contributed by atoms with E-state index in [1.54, 1.807) is 6.07 Å². The van der Waals surface area contributed by atoms with Crippen molar-refractivity contribution in [1.29, 1.82) is 0 Å². The van der Waals surface area contributed by atoms with E-state index in [1.807, 2.05) is 0 Å². The maximum atomic E-state index is 10.8. The third-order valence-corrected chi connectivity index (χ3v) is 1.48. The predicted molar refractivity (Wildman–Crippen MR) is 51.3 cm³/mol. The minimum absolute atomic E-state index is 0.00315. The fourth-order valence-corrected chi connectivity index (χ4v) is 0.826. The van der Waals surface area contributed by atoms with Crippen molar-refractivity contribution in [2.75, 3.05) is 11.1 Å². The van der Waals surface area contributed by atoms with Gasteiger partial charge in [-0.15, -0.1) is 0 Å². The lowest BCUT2D eigenvalue weighted by Crippen LogP contribution is -2.07. The summed E-state index contributed by atoms with van der Waals surface area (Å²) >= 11 is 0. The number of amides is 1. The number of rotatable bonds is 2. The van der Waals surface area contributed by atoms with Crippen LogP contribution in [0.3, 0.4) is 0 Å². The van der Waals surface area contributed by atoms with Crippen molar-refractivity contribution in [1.82, 2.24) is 0 Å². The van der Waals surface area contributed by atoms with Crippen molar-refractivity contribution in [2.45, 2.75) is 0 Å². The summed E-state index contributed by atoms with van der Waals surface area (Å²) in [6.07, 6.45) is 1.16. The van der Waals surface area contributed by atoms with Gasteiger partial charge in [0, 0.05) is 5.69 Å². The highest BCUT2D eigenvalue weighted by Crippen LogP contribution is 2.23. The van der Waals surface area contributed by atoms with E-state index in [4.69, 9.17) is 10.8 Å². The molecular formula is C9H10N2O2. The Morgan fingerprint density at radius 2 is 2.31 bits per heavy atom. The number of nitrogen functional groups attached to an aromatic ring is 1. The van der Waals surface area contributed by atoms with E-state index in [2.05, 4.69) is 11.9 Å². The number of hydrogen-bond donors (Lipinski definition) is 3. The minimum atomic E-state index is -0.315. The molecule has 1 aromatic rings. The van der Waals surface area contributed by atoms with Crippen LogP contribution < -0.4 is 11.1 Å². The number of aromatic hydroxyl groups is 1. The first-order valence-corrected chi connectivity index (χ1v) is 3.65. The number of nitrogens with one attached hydrogen (secondary N) is 1. The van der Waals surface area contributed by atoms with E-state index in [1.165, 1.54) is 12.1 Å². The number of carbonyl (C=O) groups excluding carboxylic acids is 1. The smallest absolute Gasteiger partial charge is 0.247 e. The average molecular weight is 178 g/mol. The predicted octanol–water partition coefficient (Wildman–Crippen LogP) is 1.10. The van der Waals surface area contributed by atoms with Gasteiger partial charge >= 0.3 is 0 Å². The monoisotopic (exact) mass is 178 g/mol. The molecule has 4 nitrogen and oxygen atoms in total. The summed E-state index contributed by atoms with van der Waals surface area (Å²) in [7, 11) is 0. The number of benzene rings is 1. The molecule has 0 aliphatic rings. The summed E-state index contributed by atoms with van der Waals surface area (Å²) in [5.41, 5.74) is 6.16. The maximum absolute atomic E-state index is 10.8. The summed E-state index contributed by atoms with van der Waals surface area (Å²) in [5.74, 6) is -0.318. The molecule has 1 aromatic carbocycles. The first-order valence-electron chi connectivity index (χ1n) is 3.65. The van der Waals surface area contributed by atoms with E-state index in [9.17, 15) is 4.79 Å². The van der Waals surface area contributed by atoms with Gasteiger partial charge in [-0.25, -0.2) is 0 Å². The molecule has 0 saturated heterocycles. The Balaban J connectivity index is 2.85. The zero-order valence-corrected chi connectivity index (χ0v) is 6.95. The van der Waals surface area contributed by atoms with Crippen LogP contribution in [-0.2, 0) is 4.79 Å². The van der Waals surface area contributed by atoms with Gasteiger partial charge in [0.1, 0.15) is 5.75 Å².